The SMILES string of the molecule is C=C(C)C(O)Cc1c(O)c(CC=C(C)C)c2c(c1O)C(=O)C[C@@H](c1ccc(O)c(O)c1)O2. The molecule has 7 nitrogen and oxygen atoms in total. The van der Waals surface area contributed by atoms with Gasteiger partial charge < -0.3 is 30.3 Å². The van der Waals surface area contributed by atoms with Gasteiger partial charge in [-0.3, -0.25) is 4.79 Å². The summed E-state index contributed by atoms with van der Waals surface area (Å²) in [6.45, 7) is 9.12. The molecule has 7 heteroatoms. The van der Waals surface area contributed by atoms with E-state index >= 15 is 0 Å². The lowest BCUT2D eigenvalue weighted by molar-refractivity contribution is 0.0841. The average molecular weight is 440 g/mol. The second kappa shape index (κ2) is 8.96. The van der Waals surface area contributed by atoms with Gasteiger partial charge in [0.25, 0.3) is 0 Å². The third-order valence-electron chi connectivity index (χ3n) is 5.56. The summed E-state index contributed by atoms with van der Waals surface area (Å²) < 4.78 is 6.07. The van der Waals surface area contributed by atoms with Crippen LogP contribution in [-0.4, -0.2) is 37.4 Å². The van der Waals surface area contributed by atoms with Crippen LogP contribution in [0.4, 0.5) is 0 Å². The van der Waals surface area contributed by atoms with Crippen LogP contribution in [0.2, 0.25) is 0 Å². The molecule has 0 radical (unpaired) electrons. The summed E-state index contributed by atoms with van der Waals surface area (Å²) in [6, 6.07) is 4.14. The standard InChI is InChI=1S/C25H28O7/c1-12(2)5-7-15-23(30)16(10-18(27)13(3)4)24(31)22-20(29)11-21(32-25(15)22)14-6-8-17(26)19(28)9-14/h5-6,8-9,18,21,26-28,30-31H,3,7,10-11H2,1-2,4H3/t18?,21-/m0/s1. The van der Waals surface area contributed by atoms with Gasteiger partial charge in [-0.25, -0.2) is 0 Å². The molecule has 32 heavy (non-hydrogen) atoms. The van der Waals surface area contributed by atoms with Crippen molar-refractivity contribution in [3.63, 3.8) is 0 Å². The Labute approximate surface area is 186 Å². The van der Waals surface area contributed by atoms with Crippen LogP contribution < -0.4 is 4.74 Å². The molecule has 3 rings (SSSR count). The molecule has 2 aromatic carbocycles. The largest absolute Gasteiger partial charge is 0.507 e. The van der Waals surface area contributed by atoms with Crippen molar-refractivity contribution in [3.05, 3.63) is 64.3 Å². The molecule has 5 N–H and O–H groups in total. The van der Waals surface area contributed by atoms with E-state index in [1.165, 1.54) is 18.2 Å². The van der Waals surface area contributed by atoms with E-state index in [1.54, 1.807) is 6.92 Å². The molecule has 1 aliphatic heterocycles. The van der Waals surface area contributed by atoms with E-state index in [9.17, 15) is 30.3 Å². The summed E-state index contributed by atoms with van der Waals surface area (Å²) in [5.74, 6) is -1.64. The molecule has 2 aromatic rings. The van der Waals surface area contributed by atoms with Crippen molar-refractivity contribution >= 4 is 5.78 Å². The third kappa shape index (κ3) is 4.43. The fourth-order valence-electron chi connectivity index (χ4n) is 3.64. The number of carbonyl (C=O) groups is 1. The summed E-state index contributed by atoms with van der Waals surface area (Å²) in [6.07, 6.45) is 0.0966. The minimum absolute atomic E-state index is 0.0388. The number of benzene rings is 2. The minimum atomic E-state index is -1.01. The first-order valence-electron chi connectivity index (χ1n) is 10.3. The van der Waals surface area contributed by atoms with E-state index in [1.807, 2.05) is 19.9 Å². The molecule has 0 bridgehead atoms. The number of phenolic OH excluding ortho intramolecular Hbond substituents is 4. The molecule has 0 aliphatic carbocycles. The highest BCUT2D eigenvalue weighted by Crippen LogP contribution is 2.49. The van der Waals surface area contributed by atoms with Gasteiger partial charge in [0.2, 0.25) is 0 Å². The number of aromatic hydroxyl groups is 4. The number of ketones is 1. The zero-order valence-electron chi connectivity index (χ0n) is 18.3. The number of aliphatic hydroxyl groups is 1. The number of hydrogen-bond acceptors (Lipinski definition) is 7. The van der Waals surface area contributed by atoms with Gasteiger partial charge in [-0.05, 0) is 44.9 Å². The topological polar surface area (TPSA) is 127 Å². The Morgan fingerprint density at radius 2 is 1.81 bits per heavy atom. The Morgan fingerprint density at radius 1 is 1.12 bits per heavy atom. The first-order chi connectivity index (χ1) is 15.0. The molecule has 0 amide bonds. The summed E-state index contributed by atoms with van der Waals surface area (Å²) in [5, 5.41) is 51.5. The molecule has 0 saturated carbocycles. The number of allylic oxidation sites excluding steroid dienone is 2. The van der Waals surface area contributed by atoms with E-state index in [0.717, 1.165) is 5.57 Å². The molecule has 0 spiro atoms. The number of phenols is 4. The lowest BCUT2D eigenvalue weighted by Gasteiger charge is -2.30. The van der Waals surface area contributed by atoms with E-state index in [-0.39, 0.29) is 53.4 Å². The highest BCUT2D eigenvalue weighted by Gasteiger charge is 2.36. The first-order valence-corrected chi connectivity index (χ1v) is 10.3. The molecular weight excluding hydrogens is 412 g/mol. The summed E-state index contributed by atoms with van der Waals surface area (Å²) in [4.78, 5) is 13.1. The molecule has 0 aromatic heterocycles. The predicted molar refractivity (Wildman–Crippen MR) is 120 cm³/mol. The monoisotopic (exact) mass is 440 g/mol. The van der Waals surface area contributed by atoms with Gasteiger partial charge in [0.05, 0.1) is 12.5 Å². The molecular formula is C25H28O7. The third-order valence-corrected chi connectivity index (χ3v) is 5.56. The van der Waals surface area contributed by atoms with Gasteiger partial charge in [0.1, 0.15) is 28.9 Å². The first kappa shape index (κ1) is 23.2. The maximum Gasteiger partial charge on any atom is 0.174 e. The van der Waals surface area contributed by atoms with Crippen molar-refractivity contribution in [3.8, 4) is 28.7 Å². The van der Waals surface area contributed by atoms with E-state index in [2.05, 4.69) is 6.58 Å². The fraction of sp³-hybridized carbons (Fsp3) is 0.320. The Bertz CT molecular complexity index is 1110. The average Bonchev–Trinajstić information content (AvgIpc) is 2.71. The van der Waals surface area contributed by atoms with Gasteiger partial charge in [-0.15, -0.1) is 0 Å². The van der Waals surface area contributed by atoms with Crippen LogP contribution >= 0.6 is 0 Å². The zero-order valence-corrected chi connectivity index (χ0v) is 18.3. The number of carbonyl (C=O) groups excluding carboxylic acids is 1. The van der Waals surface area contributed by atoms with Gasteiger partial charge >= 0.3 is 0 Å². The van der Waals surface area contributed by atoms with Crippen molar-refractivity contribution < 1.29 is 35.1 Å². The Kier molecular flexibility index (Phi) is 6.50. The lowest BCUT2D eigenvalue weighted by atomic mass is 9.88. The van der Waals surface area contributed by atoms with Crippen LogP contribution in [0.3, 0.4) is 0 Å². The predicted octanol–water partition coefficient (Wildman–Crippen LogP) is 4.20. The van der Waals surface area contributed by atoms with Crippen LogP contribution in [0.25, 0.3) is 0 Å². The Hall–Kier alpha value is -3.45. The zero-order chi connectivity index (χ0) is 23.7. The molecule has 1 heterocycles. The van der Waals surface area contributed by atoms with E-state index < -0.39 is 23.7 Å². The second-order valence-corrected chi connectivity index (χ2v) is 8.39. The van der Waals surface area contributed by atoms with Gasteiger partial charge in [-0.1, -0.05) is 29.9 Å². The van der Waals surface area contributed by atoms with Crippen molar-refractivity contribution in [1.29, 1.82) is 0 Å². The number of hydrogen-bond donors (Lipinski definition) is 5. The fourth-order valence-corrected chi connectivity index (χ4v) is 3.64. The van der Waals surface area contributed by atoms with Crippen molar-refractivity contribution in [2.45, 2.75) is 52.2 Å². The number of Topliss-reactive ketones (excluding diaryl/α,β-unsaturated/α-hetero) is 1. The lowest BCUT2D eigenvalue weighted by Crippen LogP contribution is -2.23. The normalized spacial score (nSPS) is 16.1. The highest BCUT2D eigenvalue weighted by molar-refractivity contribution is 6.04. The molecule has 0 fully saturated rings. The summed E-state index contributed by atoms with van der Waals surface area (Å²) in [7, 11) is 0. The molecule has 2 atom stereocenters. The van der Waals surface area contributed by atoms with Gasteiger partial charge in [-0.2, -0.15) is 0 Å². The second-order valence-electron chi connectivity index (χ2n) is 8.39. The van der Waals surface area contributed by atoms with Crippen LogP contribution in [0.1, 0.15) is 60.3 Å². The number of ether oxygens (including phenoxy) is 1. The Morgan fingerprint density at radius 3 is 2.41 bits per heavy atom. The summed E-state index contributed by atoms with van der Waals surface area (Å²) in [5.41, 5.74) is 2.26. The van der Waals surface area contributed by atoms with Gasteiger partial charge in [0.15, 0.2) is 17.3 Å². The number of fused-ring (bicyclic) bond motifs is 1. The van der Waals surface area contributed by atoms with E-state index in [4.69, 9.17) is 4.74 Å². The van der Waals surface area contributed by atoms with Crippen molar-refractivity contribution in [2.75, 3.05) is 0 Å². The summed E-state index contributed by atoms with van der Waals surface area (Å²) >= 11 is 0. The molecule has 1 aliphatic rings. The Balaban J connectivity index is 2.16. The quantitative estimate of drug-likeness (QED) is 0.336. The van der Waals surface area contributed by atoms with Crippen LogP contribution in [-0.2, 0) is 12.8 Å². The molecule has 1 unspecified atom stereocenters. The van der Waals surface area contributed by atoms with E-state index in [0.29, 0.717) is 16.7 Å². The highest BCUT2D eigenvalue weighted by atomic mass is 16.5. The maximum atomic E-state index is 13.1. The maximum absolute atomic E-state index is 13.1. The van der Waals surface area contributed by atoms with Crippen molar-refractivity contribution in [1.82, 2.24) is 0 Å². The molecule has 170 valence electrons. The number of rotatable bonds is 6. The van der Waals surface area contributed by atoms with Crippen molar-refractivity contribution in [2.24, 2.45) is 0 Å². The number of aliphatic hydroxyl groups excluding tert-OH is 1. The van der Waals surface area contributed by atoms with Gasteiger partial charge in [0, 0.05) is 17.5 Å². The van der Waals surface area contributed by atoms with Crippen LogP contribution in [0.15, 0.2) is 42.0 Å². The molecule has 0 saturated heterocycles. The smallest absolute Gasteiger partial charge is 0.174 e. The van der Waals surface area contributed by atoms with Crippen LogP contribution in [0.5, 0.6) is 28.7 Å². The minimum Gasteiger partial charge on any atom is -0.507 e. The van der Waals surface area contributed by atoms with Crippen LogP contribution in [0, 0.1) is 0 Å².